The number of carbonyl (C=O) groups is 1. The smallest absolute Gasteiger partial charge is 0.250 e. The molecule has 92 valence electrons. The van der Waals surface area contributed by atoms with Crippen LogP contribution >= 0.6 is 11.8 Å². The van der Waals surface area contributed by atoms with Gasteiger partial charge in [-0.05, 0) is 42.0 Å². The van der Waals surface area contributed by atoms with E-state index < -0.39 is 5.91 Å². The van der Waals surface area contributed by atoms with Crippen LogP contribution in [-0.2, 0) is 0 Å². The highest BCUT2D eigenvalue weighted by molar-refractivity contribution is 7.99. The van der Waals surface area contributed by atoms with Crippen molar-refractivity contribution in [2.75, 3.05) is 29.1 Å². The summed E-state index contributed by atoms with van der Waals surface area (Å²) in [4.78, 5) is 11.3. The molecule has 4 nitrogen and oxygen atoms in total. The van der Waals surface area contributed by atoms with Gasteiger partial charge in [-0.1, -0.05) is 0 Å². The summed E-state index contributed by atoms with van der Waals surface area (Å²) >= 11 is 1.97. The summed E-state index contributed by atoms with van der Waals surface area (Å²) in [6, 6.07) is 5.13. The highest BCUT2D eigenvalue weighted by Gasteiger charge is 2.16. The fraction of sp³-hybridized carbons (Fsp3) is 0.417. The van der Waals surface area contributed by atoms with E-state index in [0.717, 1.165) is 12.2 Å². The molecule has 17 heavy (non-hydrogen) atoms. The topological polar surface area (TPSA) is 81.1 Å². The number of rotatable bonds is 4. The van der Waals surface area contributed by atoms with Crippen molar-refractivity contribution in [3.63, 3.8) is 0 Å². The summed E-state index contributed by atoms with van der Waals surface area (Å²) in [6.45, 7) is 0.872. The second kappa shape index (κ2) is 5.31. The molecule has 0 radical (unpaired) electrons. The van der Waals surface area contributed by atoms with Crippen LogP contribution in [0.2, 0.25) is 0 Å². The van der Waals surface area contributed by atoms with Crippen LogP contribution in [-0.4, -0.2) is 24.0 Å². The zero-order valence-corrected chi connectivity index (χ0v) is 10.4. The highest BCUT2D eigenvalue weighted by atomic mass is 32.2. The molecule has 0 spiro atoms. The Morgan fingerprint density at radius 3 is 3.00 bits per heavy atom. The average Bonchev–Trinajstić information content (AvgIpc) is 2.78. The molecule has 1 saturated heterocycles. The van der Waals surface area contributed by atoms with Gasteiger partial charge >= 0.3 is 0 Å². The van der Waals surface area contributed by atoms with E-state index >= 15 is 0 Å². The molecule has 0 bridgehead atoms. The molecular formula is C12H17N3OS. The fourth-order valence-electron chi connectivity index (χ4n) is 1.92. The first kappa shape index (κ1) is 12.1. The minimum atomic E-state index is -0.423. The van der Waals surface area contributed by atoms with Gasteiger partial charge in [0.1, 0.15) is 0 Å². The molecule has 1 unspecified atom stereocenters. The summed E-state index contributed by atoms with van der Waals surface area (Å²) in [6.07, 6.45) is 1.23. The average molecular weight is 251 g/mol. The number of primary amides is 1. The van der Waals surface area contributed by atoms with Crippen LogP contribution in [0.5, 0.6) is 0 Å². The predicted molar refractivity (Wildman–Crippen MR) is 73.3 cm³/mol. The van der Waals surface area contributed by atoms with Crippen LogP contribution < -0.4 is 16.8 Å². The summed E-state index contributed by atoms with van der Waals surface area (Å²) in [5, 5.41) is 3.28. The zero-order chi connectivity index (χ0) is 12.3. The van der Waals surface area contributed by atoms with Crippen LogP contribution in [0.25, 0.3) is 0 Å². The molecule has 1 heterocycles. The molecule has 1 atom stereocenters. The Labute approximate surface area is 105 Å². The molecule has 0 aliphatic carbocycles. The maximum atomic E-state index is 11.3. The van der Waals surface area contributed by atoms with Gasteiger partial charge < -0.3 is 16.8 Å². The monoisotopic (exact) mass is 251 g/mol. The molecule has 1 aliphatic rings. The number of thioether (sulfide) groups is 1. The molecule has 5 N–H and O–H groups in total. The van der Waals surface area contributed by atoms with E-state index in [-0.39, 0.29) is 0 Å². The van der Waals surface area contributed by atoms with Crippen molar-refractivity contribution in [2.24, 2.45) is 11.7 Å². The Bertz CT molecular complexity index is 416. The van der Waals surface area contributed by atoms with Crippen LogP contribution in [0, 0.1) is 5.92 Å². The van der Waals surface area contributed by atoms with E-state index in [2.05, 4.69) is 5.32 Å². The SMILES string of the molecule is NC(=O)c1ccc(N)cc1NCC1CCSC1. The second-order valence-electron chi connectivity index (χ2n) is 4.28. The molecule has 2 rings (SSSR count). The molecule has 0 aromatic heterocycles. The van der Waals surface area contributed by atoms with Crippen LogP contribution in [0.15, 0.2) is 18.2 Å². The summed E-state index contributed by atoms with van der Waals surface area (Å²) in [7, 11) is 0. The van der Waals surface area contributed by atoms with Crippen molar-refractivity contribution in [1.82, 2.24) is 0 Å². The van der Waals surface area contributed by atoms with Gasteiger partial charge in [-0.25, -0.2) is 0 Å². The lowest BCUT2D eigenvalue weighted by molar-refractivity contribution is 0.100. The number of nitrogens with two attached hydrogens (primary N) is 2. The van der Waals surface area contributed by atoms with Gasteiger partial charge in [0.15, 0.2) is 0 Å². The lowest BCUT2D eigenvalue weighted by Gasteiger charge is -2.14. The summed E-state index contributed by atoms with van der Waals surface area (Å²) < 4.78 is 0. The van der Waals surface area contributed by atoms with Crippen LogP contribution in [0.3, 0.4) is 0 Å². The van der Waals surface area contributed by atoms with Gasteiger partial charge in [0.2, 0.25) is 0 Å². The number of hydrogen-bond donors (Lipinski definition) is 3. The highest BCUT2D eigenvalue weighted by Crippen LogP contribution is 2.25. The molecule has 1 amide bonds. The van der Waals surface area contributed by atoms with Crippen LogP contribution in [0.4, 0.5) is 11.4 Å². The second-order valence-corrected chi connectivity index (χ2v) is 5.43. The van der Waals surface area contributed by atoms with Gasteiger partial charge in [0.05, 0.1) is 5.56 Å². The van der Waals surface area contributed by atoms with E-state index in [1.54, 1.807) is 18.2 Å². The zero-order valence-electron chi connectivity index (χ0n) is 9.61. The summed E-state index contributed by atoms with van der Waals surface area (Å²) in [5.74, 6) is 2.66. The molecule has 1 fully saturated rings. The fourth-order valence-corrected chi connectivity index (χ4v) is 3.21. The molecule has 1 aromatic rings. The largest absolute Gasteiger partial charge is 0.399 e. The Morgan fingerprint density at radius 1 is 1.53 bits per heavy atom. The van der Waals surface area contributed by atoms with Crippen molar-refractivity contribution in [2.45, 2.75) is 6.42 Å². The number of nitrogen functional groups attached to an aromatic ring is 1. The Balaban J connectivity index is 2.07. The normalized spacial score (nSPS) is 19.2. The van der Waals surface area contributed by atoms with E-state index in [1.165, 1.54) is 17.9 Å². The van der Waals surface area contributed by atoms with Gasteiger partial charge in [-0.15, -0.1) is 0 Å². The molecule has 1 aromatic carbocycles. The van der Waals surface area contributed by atoms with Gasteiger partial charge in [-0.3, -0.25) is 4.79 Å². The first-order valence-electron chi connectivity index (χ1n) is 5.68. The Morgan fingerprint density at radius 2 is 2.35 bits per heavy atom. The maximum Gasteiger partial charge on any atom is 0.250 e. The minimum Gasteiger partial charge on any atom is -0.399 e. The van der Waals surface area contributed by atoms with E-state index in [1.807, 2.05) is 11.8 Å². The Kier molecular flexibility index (Phi) is 3.78. The van der Waals surface area contributed by atoms with Gasteiger partial charge in [0, 0.05) is 17.9 Å². The lowest BCUT2D eigenvalue weighted by atomic mass is 10.1. The molecule has 1 aliphatic heterocycles. The maximum absolute atomic E-state index is 11.3. The number of hydrogen-bond acceptors (Lipinski definition) is 4. The first-order valence-corrected chi connectivity index (χ1v) is 6.83. The van der Waals surface area contributed by atoms with Crippen molar-refractivity contribution in [1.29, 1.82) is 0 Å². The third kappa shape index (κ3) is 3.06. The predicted octanol–water partition coefficient (Wildman–Crippen LogP) is 1.53. The van der Waals surface area contributed by atoms with Gasteiger partial charge in [0.25, 0.3) is 5.91 Å². The first-order chi connectivity index (χ1) is 8.16. The number of benzene rings is 1. The third-order valence-corrected chi connectivity index (χ3v) is 4.15. The minimum absolute atomic E-state index is 0.423. The Hall–Kier alpha value is -1.36. The van der Waals surface area contributed by atoms with Crippen molar-refractivity contribution < 1.29 is 4.79 Å². The van der Waals surface area contributed by atoms with Crippen molar-refractivity contribution in [3.05, 3.63) is 23.8 Å². The molecule has 5 heteroatoms. The lowest BCUT2D eigenvalue weighted by Crippen LogP contribution is -2.18. The molecule has 0 saturated carbocycles. The third-order valence-electron chi connectivity index (χ3n) is 2.91. The molecular weight excluding hydrogens is 234 g/mol. The summed E-state index contributed by atoms with van der Waals surface area (Å²) in [5.41, 5.74) is 12.9. The van der Waals surface area contributed by atoms with Gasteiger partial charge in [-0.2, -0.15) is 11.8 Å². The number of anilines is 2. The van der Waals surface area contributed by atoms with E-state index in [0.29, 0.717) is 17.2 Å². The number of carbonyl (C=O) groups excluding carboxylic acids is 1. The van der Waals surface area contributed by atoms with Crippen LogP contribution in [0.1, 0.15) is 16.8 Å². The van der Waals surface area contributed by atoms with E-state index in [9.17, 15) is 4.79 Å². The van der Waals surface area contributed by atoms with E-state index in [4.69, 9.17) is 11.5 Å². The number of amides is 1. The van der Waals surface area contributed by atoms with Crippen molar-refractivity contribution in [3.8, 4) is 0 Å². The quantitative estimate of drug-likeness (QED) is 0.709. The number of nitrogens with one attached hydrogen (secondary N) is 1. The van der Waals surface area contributed by atoms with Crippen molar-refractivity contribution >= 4 is 29.0 Å². The standard InChI is InChI=1S/C12H17N3OS/c13-9-1-2-10(12(14)16)11(5-9)15-6-8-3-4-17-7-8/h1-2,5,8,15H,3-4,6-7,13H2,(H2,14,16).